The molecule has 1 N–H and O–H groups in total. The number of nitrogens with one attached hydrogen (secondary N) is 1. The van der Waals surface area contributed by atoms with E-state index in [0.717, 1.165) is 23.6 Å². The molecule has 0 atom stereocenters. The SMILES string of the molecule is COc1cc(CNC2CCCCC2)ccc1OCc1ccc(Cl)c(Cl)c1. The zero-order chi connectivity index (χ0) is 18.4. The average molecular weight is 394 g/mol. The monoisotopic (exact) mass is 393 g/mol. The lowest BCUT2D eigenvalue weighted by molar-refractivity contribution is 0.284. The van der Waals surface area contributed by atoms with Gasteiger partial charge in [-0.15, -0.1) is 0 Å². The summed E-state index contributed by atoms with van der Waals surface area (Å²) in [5.74, 6) is 1.47. The summed E-state index contributed by atoms with van der Waals surface area (Å²) in [7, 11) is 1.67. The van der Waals surface area contributed by atoms with Gasteiger partial charge in [0.25, 0.3) is 0 Å². The van der Waals surface area contributed by atoms with Crippen LogP contribution in [-0.4, -0.2) is 13.2 Å². The van der Waals surface area contributed by atoms with Gasteiger partial charge in [-0.2, -0.15) is 0 Å². The average Bonchev–Trinajstić information content (AvgIpc) is 2.68. The van der Waals surface area contributed by atoms with Gasteiger partial charge in [0.15, 0.2) is 11.5 Å². The van der Waals surface area contributed by atoms with Crippen LogP contribution in [0.3, 0.4) is 0 Å². The fraction of sp³-hybridized carbons (Fsp3) is 0.429. The highest BCUT2D eigenvalue weighted by Gasteiger charge is 2.13. The van der Waals surface area contributed by atoms with Crippen LogP contribution in [0.5, 0.6) is 11.5 Å². The molecule has 140 valence electrons. The summed E-state index contributed by atoms with van der Waals surface area (Å²) in [6, 6.07) is 12.2. The zero-order valence-electron chi connectivity index (χ0n) is 15.1. The molecule has 0 amide bonds. The van der Waals surface area contributed by atoms with Crippen molar-refractivity contribution in [2.24, 2.45) is 0 Å². The molecule has 1 fully saturated rings. The van der Waals surface area contributed by atoms with Crippen LogP contribution >= 0.6 is 23.2 Å². The van der Waals surface area contributed by atoms with E-state index in [4.69, 9.17) is 32.7 Å². The Kier molecular flexibility index (Phi) is 7.07. The van der Waals surface area contributed by atoms with Gasteiger partial charge in [0.05, 0.1) is 17.2 Å². The summed E-state index contributed by atoms with van der Waals surface area (Å²) in [4.78, 5) is 0. The van der Waals surface area contributed by atoms with Crippen molar-refractivity contribution < 1.29 is 9.47 Å². The first-order chi connectivity index (χ1) is 12.7. The molecule has 0 aromatic heterocycles. The number of hydrogen-bond donors (Lipinski definition) is 1. The van der Waals surface area contributed by atoms with Crippen molar-refractivity contribution in [2.45, 2.75) is 51.3 Å². The van der Waals surface area contributed by atoms with Crippen LogP contribution in [0, 0.1) is 0 Å². The molecule has 1 aliphatic rings. The summed E-state index contributed by atoms with van der Waals surface area (Å²) in [5, 5.41) is 4.73. The minimum atomic E-state index is 0.410. The number of hydrogen-bond acceptors (Lipinski definition) is 3. The first-order valence-electron chi connectivity index (χ1n) is 9.13. The van der Waals surface area contributed by atoms with Gasteiger partial charge in [-0.25, -0.2) is 0 Å². The molecule has 3 rings (SSSR count). The largest absolute Gasteiger partial charge is 0.493 e. The number of rotatable bonds is 7. The molecule has 5 heteroatoms. The lowest BCUT2D eigenvalue weighted by atomic mass is 9.95. The summed E-state index contributed by atoms with van der Waals surface area (Å²) in [6.45, 7) is 1.26. The Morgan fingerprint density at radius 3 is 2.42 bits per heavy atom. The molecule has 0 unspecified atom stereocenters. The third-order valence-electron chi connectivity index (χ3n) is 4.81. The summed E-state index contributed by atoms with van der Waals surface area (Å²) in [5.41, 5.74) is 2.17. The van der Waals surface area contributed by atoms with E-state index in [-0.39, 0.29) is 0 Å². The minimum Gasteiger partial charge on any atom is -0.493 e. The molecule has 26 heavy (non-hydrogen) atoms. The molecule has 2 aromatic rings. The lowest BCUT2D eigenvalue weighted by Gasteiger charge is -2.23. The molecule has 1 saturated carbocycles. The van der Waals surface area contributed by atoms with Crippen LogP contribution in [0.15, 0.2) is 36.4 Å². The smallest absolute Gasteiger partial charge is 0.161 e. The second kappa shape index (κ2) is 9.50. The molecule has 0 spiro atoms. The Hall–Kier alpha value is -1.42. The van der Waals surface area contributed by atoms with Gasteiger partial charge in [-0.1, -0.05) is 54.6 Å². The van der Waals surface area contributed by atoms with E-state index < -0.39 is 0 Å². The molecule has 0 saturated heterocycles. The third-order valence-corrected chi connectivity index (χ3v) is 5.55. The van der Waals surface area contributed by atoms with Crippen molar-refractivity contribution in [2.75, 3.05) is 7.11 Å². The highest BCUT2D eigenvalue weighted by Crippen LogP contribution is 2.30. The molecule has 3 nitrogen and oxygen atoms in total. The topological polar surface area (TPSA) is 30.5 Å². The molecule has 0 radical (unpaired) electrons. The van der Waals surface area contributed by atoms with E-state index in [1.54, 1.807) is 13.2 Å². The fourth-order valence-electron chi connectivity index (χ4n) is 3.30. The summed E-state index contributed by atoms with van der Waals surface area (Å²) in [6.07, 6.45) is 6.60. The van der Waals surface area contributed by atoms with Crippen LogP contribution in [0.25, 0.3) is 0 Å². The predicted octanol–water partition coefficient (Wildman–Crippen LogP) is 6.00. The Bertz CT molecular complexity index is 730. The van der Waals surface area contributed by atoms with E-state index in [9.17, 15) is 0 Å². The van der Waals surface area contributed by atoms with Crippen LogP contribution in [0.4, 0.5) is 0 Å². The van der Waals surface area contributed by atoms with Crippen molar-refractivity contribution in [1.82, 2.24) is 5.32 Å². The van der Waals surface area contributed by atoms with Gasteiger partial charge < -0.3 is 14.8 Å². The number of ether oxygens (including phenoxy) is 2. The standard InChI is InChI=1S/C21H25Cl2NO2/c1-25-21-12-15(13-24-17-5-3-2-4-6-17)8-10-20(21)26-14-16-7-9-18(22)19(23)11-16/h7-12,17,24H,2-6,13-14H2,1H3. The number of benzene rings is 2. The van der Waals surface area contributed by atoms with E-state index in [1.807, 2.05) is 24.3 Å². The summed E-state index contributed by atoms with van der Waals surface area (Å²) < 4.78 is 11.4. The Labute approximate surface area is 165 Å². The highest BCUT2D eigenvalue weighted by atomic mass is 35.5. The van der Waals surface area contributed by atoms with Gasteiger partial charge in [0, 0.05) is 12.6 Å². The predicted molar refractivity (Wildman–Crippen MR) is 108 cm³/mol. The van der Waals surface area contributed by atoms with Crippen LogP contribution in [0.2, 0.25) is 10.0 Å². The number of halogens is 2. The van der Waals surface area contributed by atoms with E-state index in [2.05, 4.69) is 11.4 Å². The Balaban J connectivity index is 1.59. The first kappa shape index (κ1) is 19.3. The number of methoxy groups -OCH3 is 1. The van der Waals surface area contributed by atoms with Crippen LogP contribution < -0.4 is 14.8 Å². The third kappa shape index (κ3) is 5.29. The zero-order valence-corrected chi connectivity index (χ0v) is 16.6. The molecule has 0 heterocycles. The molecule has 1 aliphatic carbocycles. The molecule has 0 bridgehead atoms. The van der Waals surface area contributed by atoms with E-state index in [0.29, 0.717) is 22.7 Å². The van der Waals surface area contributed by atoms with Crippen molar-refractivity contribution in [1.29, 1.82) is 0 Å². The van der Waals surface area contributed by atoms with Gasteiger partial charge in [-0.3, -0.25) is 0 Å². The van der Waals surface area contributed by atoms with E-state index >= 15 is 0 Å². The van der Waals surface area contributed by atoms with E-state index in [1.165, 1.54) is 37.7 Å². The molecular weight excluding hydrogens is 369 g/mol. The minimum absolute atomic E-state index is 0.410. The van der Waals surface area contributed by atoms with Crippen molar-refractivity contribution in [3.8, 4) is 11.5 Å². The van der Waals surface area contributed by atoms with Crippen molar-refractivity contribution in [3.63, 3.8) is 0 Å². The van der Waals surface area contributed by atoms with Gasteiger partial charge in [0.1, 0.15) is 6.61 Å². The fourth-order valence-corrected chi connectivity index (χ4v) is 3.62. The maximum Gasteiger partial charge on any atom is 0.161 e. The second-order valence-corrected chi connectivity index (χ2v) is 7.55. The quantitative estimate of drug-likeness (QED) is 0.625. The molecular formula is C21H25Cl2NO2. The van der Waals surface area contributed by atoms with Crippen molar-refractivity contribution in [3.05, 3.63) is 57.6 Å². The Morgan fingerprint density at radius 2 is 1.69 bits per heavy atom. The first-order valence-corrected chi connectivity index (χ1v) is 9.88. The van der Waals surface area contributed by atoms with Crippen LogP contribution in [0.1, 0.15) is 43.2 Å². The maximum atomic E-state index is 6.05. The summed E-state index contributed by atoms with van der Waals surface area (Å²) >= 11 is 12.0. The van der Waals surface area contributed by atoms with Crippen molar-refractivity contribution >= 4 is 23.2 Å². The van der Waals surface area contributed by atoms with Gasteiger partial charge in [-0.05, 0) is 48.2 Å². The lowest BCUT2D eigenvalue weighted by Crippen LogP contribution is -2.30. The maximum absolute atomic E-state index is 6.05. The molecule has 2 aromatic carbocycles. The second-order valence-electron chi connectivity index (χ2n) is 6.74. The normalized spacial score (nSPS) is 15.0. The highest BCUT2D eigenvalue weighted by molar-refractivity contribution is 6.42. The van der Waals surface area contributed by atoms with Gasteiger partial charge >= 0.3 is 0 Å². The van der Waals surface area contributed by atoms with Gasteiger partial charge in [0.2, 0.25) is 0 Å². The molecule has 0 aliphatic heterocycles. The Morgan fingerprint density at radius 1 is 0.923 bits per heavy atom. The van der Waals surface area contributed by atoms with Crippen LogP contribution in [-0.2, 0) is 13.2 Å².